The van der Waals surface area contributed by atoms with E-state index in [2.05, 4.69) is 31.4 Å². The van der Waals surface area contributed by atoms with Crippen molar-refractivity contribution >= 4 is 33.6 Å². The molecule has 1 aromatic heterocycles. The van der Waals surface area contributed by atoms with Gasteiger partial charge in [-0.25, -0.2) is 0 Å². The van der Waals surface area contributed by atoms with E-state index >= 15 is 0 Å². The number of carbonyl (C=O) groups excluding carboxylic acids is 1. The summed E-state index contributed by atoms with van der Waals surface area (Å²) >= 11 is 4.60. The summed E-state index contributed by atoms with van der Waals surface area (Å²) in [6, 6.07) is 7.59. The highest BCUT2D eigenvalue weighted by Gasteiger charge is 2.15. The molecular weight excluding hydrogens is 354 g/mol. The minimum Gasteiger partial charge on any atom is -0.411 e. The third-order valence-electron chi connectivity index (χ3n) is 2.34. The summed E-state index contributed by atoms with van der Waals surface area (Å²) in [5.74, 6) is 0.635. The van der Waals surface area contributed by atoms with Crippen LogP contribution in [0, 0.1) is 0 Å². The molecule has 21 heavy (non-hydrogen) atoms. The van der Waals surface area contributed by atoms with Gasteiger partial charge < -0.3 is 9.73 Å². The third-order valence-corrected chi connectivity index (χ3v) is 3.69. The monoisotopic (exact) mass is 369 g/mol. The van der Waals surface area contributed by atoms with Gasteiger partial charge in [-0.3, -0.25) is 4.79 Å². The molecule has 0 atom stereocenters. The Morgan fingerprint density at radius 2 is 1.95 bits per heavy atom. The maximum absolute atomic E-state index is 11.7. The number of amides is 1. The fourth-order valence-corrected chi connectivity index (χ4v) is 2.39. The van der Waals surface area contributed by atoms with Gasteiger partial charge in [0.05, 0.1) is 5.75 Å². The van der Waals surface area contributed by atoms with Gasteiger partial charge in [-0.1, -0.05) is 27.7 Å². The Morgan fingerprint density at radius 1 is 1.29 bits per heavy atom. The predicted molar refractivity (Wildman–Crippen MR) is 86.1 cm³/mol. The summed E-state index contributed by atoms with van der Waals surface area (Å²) in [4.78, 5) is 11.7. The van der Waals surface area contributed by atoms with E-state index in [1.54, 1.807) is 0 Å². The number of nitrogens with one attached hydrogen (secondary N) is 1. The molecule has 1 aromatic carbocycles. The van der Waals surface area contributed by atoms with Crippen LogP contribution >= 0.6 is 27.7 Å². The summed E-state index contributed by atoms with van der Waals surface area (Å²) in [7, 11) is 0. The molecule has 1 amide bonds. The van der Waals surface area contributed by atoms with Crippen molar-refractivity contribution < 1.29 is 9.21 Å². The molecule has 0 saturated carbocycles. The number of aromatic nitrogens is 2. The van der Waals surface area contributed by atoms with Crippen LogP contribution in [0.1, 0.15) is 20.8 Å². The molecule has 0 aliphatic heterocycles. The number of nitrogens with zero attached hydrogens (tertiary/aromatic N) is 2. The van der Waals surface area contributed by atoms with E-state index in [-0.39, 0.29) is 17.2 Å². The summed E-state index contributed by atoms with van der Waals surface area (Å²) in [6.07, 6.45) is 0. The van der Waals surface area contributed by atoms with Gasteiger partial charge in [0, 0.05) is 15.6 Å². The lowest BCUT2D eigenvalue weighted by Crippen LogP contribution is -2.41. The smallest absolute Gasteiger partial charge is 0.277 e. The Labute approximate surface area is 136 Å². The Balaban J connectivity index is 1.94. The van der Waals surface area contributed by atoms with Crippen LogP contribution in [-0.2, 0) is 4.79 Å². The largest absolute Gasteiger partial charge is 0.411 e. The minimum absolute atomic E-state index is 0.0594. The number of hydrogen-bond donors (Lipinski definition) is 1. The van der Waals surface area contributed by atoms with Crippen LogP contribution in [0.15, 0.2) is 38.4 Å². The van der Waals surface area contributed by atoms with Crippen LogP contribution in [0.3, 0.4) is 0 Å². The zero-order chi connectivity index (χ0) is 15.5. The van der Waals surface area contributed by atoms with Crippen molar-refractivity contribution in [2.75, 3.05) is 5.75 Å². The summed E-state index contributed by atoms with van der Waals surface area (Å²) < 4.78 is 6.52. The average Bonchev–Trinajstić information content (AvgIpc) is 2.84. The molecule has 112 valence electrons. The molecule has 1 heterocycles. The van der Waals surface area contributed by atoms with Gasteiger partial charge in [0.1, 0.15) is 0 Å². The summed E-state index contributed by atoms with van der Waals surface area (Å²) in [6.45, 7) is 5.82. The number of rotatable bonds is 4. The zero-order valence-electron chi connectivity index (χ0n) is 12.0. The summed E-state index contributed by atoms with van der Waals surface area (Å²) in [5, 5.41) is 11.2. The van der Waals surface area contributed by atoms with Crippen molar-refractivity contribution in [2.24, 2.45) is 0 Å². The molecule has 0 aliphatic rings. The lowest BCUT2D eigenvalue weighted by Gasteiger charge is -2.19. The van der Waals surface area contributed by atoms with E-state index in [4.69, 9.17) is 4.42 Å². The number of hydrogen-bond acceptors (Lipinski definition) is 5. The van der Waals surface area contributed by atoms with Crippen molar-refractivity contribution in [2.45, 2.75) is 31.5 Å². The Morgan fingerprint density at radius 3 is 2.57 bits per heavy atom. The topological polar surface area (TPSA) is 68.0 Å². The molecule has 0 radical (unpaired) electrons. The van der Waals surface area contributed by atoms with Gasteiger partial charge in [-0.15, -0.1) is 10.2 Å². The lowest BCUT2D eigenvalue weighted by molar-refractivity contribution is -0.119. The second kappa shape index (κ2) is 6.62. The standard InChI is InChI=1S/C14H16BrN3O2S/c1-14(2,3)16-11(19)8-21-13-18-17-12(20-13)9-4-6-10(15)7-5-9/h4-7H,8H2,1-3H3,(H,16,19). The van der Waals surface area contributed by atoms with Crippen LogP contribution in [0.25, 0.3) is 11.5 Å². The lowest BCUT2D eigenvalue weighted by atomic mass is 10.1. The molecule has 1 N–H and O–H groups in total. The molecule has 0 fully saturated rings. The maximum Gasteiger partial charge on any atom is 0.277 e. The first-order chi connectivity index (χ1) is 9.83. The van der Waals surface area contributed by atoms with Crippen LogP contribution in [0.5, 0.6) is 0 Å². The highest BCUT2D eigenvalue weighted by atomic mass is 79.9. The first-order valence-electron chi connectivity index (χ1n) is 6.37. The minimum atomic E-state index is -0.241. The molecule has 5 nitrogen and oxygen atoms in total. The highest BCUT2D eigenvalue weighted by molar-refractivity contribution is 9.10. The van der Waals surface area contributed by atoms with Crippen molar-refractivity contribution in [3.8, 4) is 11.5 Å². The van der Waals surface area contributed by atoms with E-state index in [0.717, 1.165) is 10.0 Å². The molecular formula is C14H16BrN3O2S. The predicted octanol–water partition coefficient (Wildman–Crippen LogP) is 3.51. The second-order valence-electron chi connectivity index (χ2n) is 5.47. The van der Waals surface area contributed by atoms with E-state index < -0.39 is 0 Å². The van der Waals surface area contributed by atoms with E-state index in [0.29, 0.717) is 11.1 Å². The van der Waals surface area contributed by atoms with E-state index in [1.165, 1.54) is 11.8 Å². The first-order valence-corrected chi connectivity index (χ1v) is 8.14. The van der Waals surface area contributed by atoms with Crippen LogP contribution < -0.4 is 5.32 Å². The van der Waals surface area contributed by atoms with E-state index in [9.17, 15) is 4.79 Å². The van der Waals surface area contributed by atoms with Gasteiger partial charge in [0.15, 0.2) is 0 Å². The molecule has 2 aromatic rings. The van der Waals surface area contributed by atoms with E-state index in [1.807, 2.05) is 45.0 Å². The van der Waals surface area contributed by atoms with Gasteiger partial charge in [-0.2, -0.15) is 0 Å². The zero-order valence-corrected chi connectivity index (χ0v) is 14.4. The first kappa shape index (κ1) is 16.0. The third kappa shape index (κ3) is 5.17. The molecule has 0 bridgehead atoms. The van der Waals surface area contributed by atoms with Crippen molar-refractivity contribution in [1.82, 2.24) is 15.5 Å². The Hall–Kier alpha value is -1.34. The molecule has 7 heteroatoms. The molecule has 0 aliphatic carbocycles. The molecule has 0 unspecified atom stereocenters. The van der Waals surface area contributed by atoms with Gasteiger partial charge in [-0.05, 0) is 45.0 Å². The van der Waals surface area contributed by atoms with Crippen molar-refractivity contribution in [1.29, 1.82) is 0 Å². The van der Waals surface area contributed by atoms with Crippen LogP contribution in [0.4, 0.5) is 0 Å². The quantitative estimate of drug-likeness (QED) is 0.835. The highest BCUT2D eigenvalue weighted by Crippen LogP contribution is 2.24. The van der Waals surface area contributed by atoms with Gasteiger partial charge in [0.25, 0.3) is 5.22 Å². The molecule has 0 saturated heterocycles. The normalized spacial score (nSPS) is 11.4. The fraction of sp³-hybridized carbons (Fsp3) is 0.357. The van der Waals surface area contributed by atoms with Gasteiger partial charge >= 0.3 is 0 Å². The van der Waals surface area contributed by atoms with Crippen LogP contribution in [0.2, 0.25) is 0 Å². The summed E-state index contributed by atoms with van der Waals surface area (Å²) in [5.41, 5.74) is 0.603. The van der Waals surface area contributed by atoms with Gasteiger partial charge in [0.2, 0.25) is 11.8 Å². The van der Waals surface area contributed by atoms with Crippen molar-refractivity contribution in [3.05, 3.63) is 28.7 Å². The fourth-order valence-electron chi connectivity index (χ4n) is 1.56. The molecule has 0 spiro atoms. The number of carbonyl (C=O) groups is 1. The second-order valence-corrected chi connectivity index (χ2v) is 7.31. The number of halogens is 1. The average molecular weight is 370 g/mol. The Kier molecular flexibility index (Phi) is 5.05. The maximum atomic E-state index is 11.7. The van der Waals surface area contributed by atoms with Crippen LogP contribution in [-0.4, -0.2) is 27.4 Å². The van der Waals surface area contributed by atoms with Crippen molar-refractivity contribution in [3.63, 3.8) is 0 Å². The number of benzene rings is 1. The number of thioether (sulfide) groups is 1. The molecule has 2 rings (SSSR count). The SMILES string of the molecule is CC(C)(C)NC(=O)CSc1nnc(-c2ccc(Br)cc2)o1. The Bertz CT molecular complexity index is 620.